The van der Waals surface area contributed by atoms with Gasteiger partial charge in [0.25, 0.3) is 6.47 Å². The summed E-state index contributed by atoms with van der Waals surface area (Å²) in [6.45, 7) is 7.94. The Balaban J connectivity index is 0.000000426. The molecule has 1 saturated heterocycles. The first-order valence-electron chi connectivity index (χ1n) is 12.5. The van der Waals surface area contributed by atoms with E-state index < -0.39 is 0 Å². The van der Waals surface area contributed by atoms with E-state index in [0.29, 0.717) is 23.1 Å². The van der Waals surface area contributed by atoms with Crippen LogP contribution in [0, 0.1) is 0 Å². The Kier molecular flexibility index (Phi) is 8.48. The number of hydrogen-bond acceptors (Lipinski definition) is 8. The Hall–Kier alpha value is -3.69. The molecule has 0 radical (unpaired) electrons. The molecule has 4 aromatic rings. The number of rotatable bonds is 5. The van der Waals surface area contributed by atoms with Crippen LogP contribution in [0.15, 0.2) is 54.9 Å². The van der Waals surface area contributed by atoms with Gasteiger partial charge >= 0.3 is 0 Å². The molecule has 1 atom stereocenters. The number of fused-ring (bicyclic) bond motifs is 1. The SMILES string of the molecule is CC(C)(C)OC=O.CN1CCCC(n2nc(-c3ccc(Oc4ccccc4)c(Cl)c3)c3c(N)ncnc32)C1. The highest BCUT2D eigenvalue weighted by Gasteiger charge is 2.25. The summed E-state index contributed by atoms with van der Waals surface area (Å²) >= 11 is 6.57. The quantitative estimate of drug-likeness (QED) is 0.321. The number of para-hydroxylation sites is 1. The molecule has 2 N–H and O–H groups in total. The molecular formula is C28H33ClN6O3. The molecule has 10 heteroatoms. The standard InChI is InChI=1S/C23H23ClN6O.C5H10O2/c1-29-11-5-6-16(13-29)30-23-20(22(25)26-14-27-23)21(28-30)15-9-10-19(18(24)12-15)31-17-7-3-2-4-8-17;1-5(2,3)7-4-6/h2-4,7-10,12,14,16H,5-6,11,13H2,1H3,(H2,25,26,27);4H,1-3H3. The van der Waals surface area contributed by atoms with E-state index in [4.69, 9.17) is 27.2 Å². The Labute approximate surface area is 227 Å². The number of benzene rings is 2. The minimum absolute atomic E-state index is 0.237. The third kappa shape index (κ3) is 6.59. The third-order valence-electron chi connectivity index (χ3n) is 6.04. The smallest absolute Gasteiger partial charge is 0.293 e. The molecule has 0 saturated carbocycles. The average Bonchev–Trinajstić information content (AvgIpc) is 3.27. The second-order valence-corrected chi connectivity index (χ2v) is 10.6. The lowest BCUT2D eigenvalue weighted by molar-refractivity contribution is -0.138. The summed E-state index contributed by atoms with van der Waals surface area (Å²) in [6.07, 6.45) is 3.67. The van der Waals surface area contributed by atoms with Crippen molar-refractivity contribution < 1.29 is 14.3 Å². The zero-order valence-electron chi connectivity index (χ0n) is 22.1. The van der Waals surface area contributed by atoms with Crippen molar-refractivity contribution in [3.63, 3.8) is 0 Å². The first-order valence-corrected chi connectivity index (χ1v) is 12.9. The number of anilines is 1. The number of halogens is 1. The van der Waals surface area contributed by atoms with Gasteiger partial charge in [-0.1, -0.05) is 29.8 Å². The van der Waals surface area contributed by atoms with Crippen LogP contribution in [-0.4, -0.2) is 56.9 Å². The first-order chi connectivity index (χ1) is 18.2. The molecule has 1 aliphatic heterocycles. The summed E-state index contributed by atoms with van der Waals surface area (Å²) in [5.41, 5.74) is 8.28. The molecule has 1 aliphatic rings. The summed E-state index contributed by atoms with van der Waals surface area (Å²) in [5, 5.41) is 6.19. The monoisotopic (exact) mass is 536 g/mol. The lowest BCUT2D eigenvalue weighted by atomic mass is 10.1. The van der Waals surface area contributed by atoms with Gasteiger partial charge in [-0.3, -0.25) is 4.79 Å². The molecule has 3 heterocycles. The molecule has 38 heavy (non-hydrogen) atoms. The number of carbonyl (C=O) groups excluding carboxylic acids is 1. The van der Waals surface area contributed by atoms with Crippen LogP contribution in [0.3, 0.4) is 0 Å². The van der Waals surface area contributed by atoms with E-state index in [1.54, 1.807) is 0 Å². The first kappa shape index (κ1) is 27.3. The largest absolute Gasteiger partial charge is 0.462 e. The van der Waals surface area contributed by atoms with Gasteiger partial charge in [0.1, 0.15) is 34.9 Å². The maximum Gasteiger partial charge on any atom is 0.293 e. The van der Waals surface area contributed by atoms with Gasteiger partial charge in [0.2, 0.25) is 0 Å². The number of piperidine rings is 1. The molecule has 1 fully saturated rings. The molecule has 2 aromatic heterocycles. The molecule has 2 aromatic carbocycles. The van der Waals surface area contributed by atoms with Crippen LogP contribution in [0.2, 0.25) is 5.02 Å². The topological polar surface area (TPSA) is 108 Å². The fraction of sp³-hybridized carbons (Fsp3) is 0.357. The number of nitrogen functional groups attached to an aromatic ring is 1. The summed E-state index contributed by atoms with van der Waals surface area (Å²) in [4.78, 5) is 20.6. The Morgan fingerprint density at radius 2 is 1.89 bits per heavy atom. The Bertz CT molecular complexity index is 1390. The van der Waals surface area contributed by atoms with Crippen molar-refractivity contribution in [2.45, 2.75) is 45.3 Å². The second-order valence-electron chi connectivity index (χ2n) is 10.2. The predicted molar refractivity (Wildman–Crippen MR) is 149 cm³/mol. The number of carbonyl (C=O) groups is 1. The van der Waals surface area contributed by atoms with Gasteiger partial charge < -0.3 is 20.1 Å². The molecule has 0 spiro atoms. The van der Waals surface area contributed by atoms with E-state index in [0.717, 1.165) is 54.0 Å². The van der Waals surface area contributed by atoms with E-state index in [1.807, 2.05) is 74.0 Å². The van der Waals surface area contributed by atoms with Crippen LogP contribution in [0.1, 0.15) is 39.7 Å². The average molecular weight is 537 g/mol. The van der Waals surface area contributed by atoms with Crippen molar-refractivity contribution in [1.29, 1.82) is 0 Å². The van der Waals surface area contributed by atoms with E-state index in [9.17, 15) is 4.79 Å². The van der Waals surface area contributed by atoms with Crippen molar-refractivity contribution in [3.05, 3.63) is 59.9 Å². The van der Waals surface area contributed by atoms with E-state index >= 15 is 0 Å². The fourth-order valence-electron chi connectivity index (χ4n) is 4.28. The lowest BCUT2D eigenvalue weighted by Crippen LogP contribution is -2.34. The lowest BCUT2D eigenvalue weighted by Gasteiger charge is -2.29. The Morgan fingerprint density at radius 1 is 1.13 bits per heavy atom. The van der Waals surface area contributed by atoms with Crippen LogP contribution in [-0.2, 0) is 9.53 Å². The number of hydrogen-bond donors (Lipinski definition) is 1. The van der Waals surface area contributed by atoms with Crippen molar-refractivity contribution >= 4 is 34.9 Å². The maximum absolute atomic E-state index is 9.60. The maximum atomic E-state index is 9.60. The zero-order chi connectivity index (χ0) is 27.3. The van der Waals surface area contributed by atoms with E-state index in [2.05, 4.69) is 26.7 Å². The van der Waals surface area contributed by atoms with Gasteiger partial charge in [0.05, 0.1) is 16.5 Å². The zero-order valence-corrected chi connectivity index (χ0v) is 22.9. The highest BCUT2D eigenvalue weighted by Crippen LogP contribution is 2.37. The van der Waals surface area contributed by atoms with Gasteiger partial charge in [-0.2, -0.15) is 5.10 Å². The van der Waals surface area contributed by atoms with Crippen molar-refractivity contribution in [2.75, 3.05) is 25.9 Å². The molecule has 0 aliphatic carbocycles. The number of aromatic nitrogens is 4. The predicted octanol–water partition coefficient (Wildman–Crippen LogP) is 5.75. The summed E-state index contributed by atoms with van der Waals surface area (Å²) in [7, 11) is 2.13. The van der Waals surface area contributed by atoms with E-state index in [-0.39, 0.29) is 11.6 Å². The summed E-state index contributed by atoms with van der Waals surface area (Å²) in [6, 6.07) is 15.4. The van der Waals surface area contributed by atoms with Gasteiger partial charge in [0.15, 0.2) is 5.65 Å². The fourth-order valence-corrected chi connectivity index (χ4v) is 4.50. The van der Waals surface area contributed by atoms with Crippen molar-refractivity contribution in [1.82, 2.24) is 24.6 Å². The minimum Gasteiger partial charge on any atom is -0.462 e. The number of nitrogens with zero attached hydrogens (tertiary/aromatic N) is 5. The van der Waals surface area contributed by atoms with Gasteiger partial charge in [0, 0.05) is 12.1 Å². The normalized spacial score (nSPS) is 16.0. The number of ether oxygens (including phenoxy) is 2. The molecule has 0 amide bonds. The highest BCUT2D eigenvalue weighted by molar-refractivity contribution is 6.32. The van der Waals surface area contributed by atoms with Crippen LogP contribution in [0.5, 0.6) is 11.5 Å². The molecule has 5 rings (SSSR count). The van der Waals surface area contributed by atoms with Crippen molar-refractivity contribution in [2.24, 2.45) is 0 Å². The molecule has 9 nitrogen and oxygen atoms in total. The van der Waals surface area contributed by atoms with E-state index in [1.165, 1.54) is 6.33 Å². The molecule has 1 unspecified atom stereocenters. The van der Waals surface area contributed by atoms with Gasteiger partial charge in [-0.15, -0.1) is 0 Å². The van der Waals surface area contributed by atoms with Gasteiger partial charge in [-0.05, 0) is 77.5 Å². The number of likely N-dealkylation sites (tertiary alicyclic amines) is 1. The van der Waals surface area contributed by atoms with Crippen LogP contribution in [0.25, 0.3) is 22.3 Å². The Morgan fingerprint density at radius 3 is 2.53 bits per heavy atom. The summed E-state index contributed by atoms with van der Waals surface area (Å²) < 4.78 is 12.5. The minimum atomic E-state index is -0.318. The number of nitrogens with two attached hydrogens (primary N) is 1. The van der Waals surface area contributed by atoms with Crippen LogP contribution >= 0.6 is 11.6 Å². The van der Waals surface area contributed by atoms with Gasteiger partial charge in [-0.25, -0.2) is 14.6 Å². The van der Waals surface area contributed by atoms with Crippen molar-refractivity contribution in [3.8, 4) is 22.8 Å². The van der Waals surface area contributed by atoms with Crippen LogP contribution in [0.4, 0.5) is 5.82 Å². The third-order valence-corrected chi connectivity index (χ3v) is 6.34. The number of likely N-dealkylation sites (N-methyl/N-ethyl adjacent to an activating group) is 1. The highest BCUT2D eigenvalue weighted by atomic mass is 35.5. The van der Waals surface area contributed by atoms with Crippen LogP contribution < -0.4 is 10.5 Å². The second kappa shape index (κ2) is 11.8. The summed E-state index contributed by atoms with van der Waals surface area (Å²) in [5.74, 6) is 1.72. The molecule has 200 valence electrons. The molecule has 0 bridgehead atoms. The molecular weight excluding hydrogens is 504 g/mol.